The van der Waals surface area contributed by atoms with Gasteiger partial charge in [-0.05, 0) is 25.3 Å². The maximum atomic E-state index is 12.7. The van der Waals surface area contributed by atoms with E-state index in [0.29, 0.717) is 32.0 Å². The van der Waals surface area contributed by atoms with Gasteiger partial charge in [-0.25, -0.2) is 18.2 Å². The topological polar surface area (TPSA) is 79.8 Å². The first-order valence-electron chi connectivity index (χ1n) is 8.82. The standard InChI is InChI=1S/C17H23N3O4S/c21-16(19-8-3-4-9-19)20-12-17(13-20)14(6-10-25(17,22)23)11-24-15-5-1-2-7-18-15/h1-2,5,7,14H,3-4,6,8-13H2/t14-/m1/s1. The minimum absolute atomic E-state index is 0.0189. The Labute approximate surface area is 147 Å². The number of ether oxygens (including phenoxy) is 1. The summed E-state index contributed by atoms with van der Waals surface area (Å²) in [6.45, 7) is 2.46. The number of rotatable bonds is 3. The smallest absolute Gasteiger partial charge is 0.320 e. The summed E-state index contributed by atoms with van der Waals surface area (Å²) in [5.41, 5.74) is 0. The molecule has 0 bridgehead atoms. The number of pyridine rings is 1. The van der Waals surface area contributed by atoms with Gasteiger partial charge in [0.2, 0.25) is 5.88 Å². The molecule has 3 saturated heterocycles. The zero-order chi connectivity index (χ0) is 17.5. The predicted octanol–water partition coefficient (Wildman–Crippen LogP) is 1.17. The normalized spacial score (nSPS) is 26.6. The molecule has 136 valence electrons. The molecule has 7 nitrogen and oxygen atoms in total. The molecule has 4 heterocycles. The van der Waals surface area contributed by atoms with E-state index in [1.165, 1.54) is 0 Å². The molecular weight excluding hydrogens is 342 g/mol. The number of amides is 2. The molecule has 1 atom stereocenters. The van der Waals surface area contributed by atoms with Crippen LogP contribution in [0.2, 0.25) is 0 Å². The van der Waals surface area contributed by atoms with Crippen molar-refractivity contribution in [3.05, 3.63) is 24.4 Å². The number of carbonyl (C=O) groups excluding carboxylic acids is 1. The van der Waals surface area contributed by atoms with Crippen LogP contribution in [0, 0.1) is 5.92 Å². The number of likely N-dealkylation sites (tertiary alicyclic amines) is 2. The first-order chi connectivity index (χ1) is 12.0. The van der Waals surface area contributed by atoms with Crippen molar-refractivity contribution in [1.82, 2.24) is 14.8 Å². The van der Waals surface area contributed by atoms with E-state index in [0.717, 1.165) is 25.9 Å². The first kappa shape index (κ1) is 16.6. The van der Waals surface area contributed by atoms with Crippen LogP contribution in [0.5, 0.6) is 5.88 Å². The maximum Gasteiger partial charge on any atom is 0.320 e. The molecule has 3 aliphatic heterocycles. The summed E-state index contributed by atoms with van der Waals surface area (Å²) in [7, 11) is -3.21. The third-order valence-corrected chi connectivity index (χ3v) is 8.34. The van der Waals surface area contributed by atoms with E-state index in [4.69, 9.17) is 4.74 Å². The molecule has 0 aromatic carbocycles. The summed E-state index contributed by atoms with van der Waals surface area (Å²) in [5, 5.41) is 0. The van der Waals surface area contributed by atoms with Gasteiger partial charge in [0, 0.05) is 44.4 Å². The molecule has 0 aliphatic carbocycles. The number of carbonyl (C=O) groups is 1. The van der Waals surface area contributed by atoms with Crippen LogP contribution < -0.4 is 4.74 Å². The summed E-state index contributed by atoms with van der Waals surface area (Å²) in [6.07, 6.45) is 4.30. The summed E-state index contributed by atoms with van der Waals surface area (Å²) in [6, 6.07) is 5.39. The van der Waals surface area contributed by atoms with Crippen molar-refractivity contribution in [3.63, 3.8) is 0 Å². The van der Waals surface area contributed by atoms with E-state index in [2.05, 4.69) is 4.98 Å². The number of aromatic nitrogens is 1. The van der Waals surface area contributed by atoms with Crippen LogP contribution in [-0.2, 0) is 9.84 Å². The van der Waals surface area contributed by atoms with Crippen molar-refractivity contribution in [3.8, 4) is 5.88 Å². The highest BCUT2D eigenvalue weighted by molar-refractivity contribution is 7.93. The SMILES string of the molecule is O=C(N1CCCC1)N1CC2(C1)[C@@H](COc1ccccn1)CCS2(=O)=O. The number of hydrogen-bond acceptors (Lipinski definition) is 5. The second-order valence-electron chi connectivity index (χ2n) is 7.18. The lowest BCUT2D eigenvalue weighted by molar-refractivity contribution is 0.0701. The van der Waals surface area contributed by atoms with Gasteiger partial charge in [-0.15, -0.1) is 0 Å². The minimum Gasteiger partial charge on any atom is -0.477 e. The monoisotopic (exact) mass is 365 g/mol. The molecule has 1 aromatic heterocycles. The Morgan fingerprint density at radius 1 is 1.24 bits per heavy atom. The Morgan fingerprint density at radius 2 is 2.00 bits per heavy atom. The first-order valence-corrected chi connectivity index (χ1v) is 10.5. The summed E-state index contributed by atoms with van der Waals surface area (Å²) >= 11 is 0. The van der Waals surface area contributed by atoms with Crippen LogP contribution in [0.1, 0.15) is 19.3 Å². The van der Waals surface area contributed by atoms with Gasteiger partial charge in [-0.1, -0.05) is 6.07 Å². The third-order valence-electron chi connectivity index (χ3n) is 5.73. The predicted molar refractivity (Wildman–Crippen MR) is 92.1 cm³/mol. The van der Waals surface area contributed by atoms with Crippen molar-refractivity contribution >= 4 is 15.9 Å². The van der Waals surface area contributed by atoms with E-state index in [-0.39, 0.29) is 17.7 Å². The Balaban J connectivity index is 1.44. The molecule has 4 rings (SSSR count). The fraction of sp³-hybridized carbons (Fsp3) is 0.647. The highest BCUT2D eigenvalue weighted by Gasteiger charge is 2.63. The molecule has 1 spiro atoms. The lowest BCUT2D eigenvalue weighted by atomic mass is 9.84. The lowest BCUT2D eigenvalue weighted by Crippen LogP contribution is -2.70. The van der Waals surface area contributed by atoms with Gasteiger partial charge in [0.25, 0.3) is 0 Å². The van der Waals surface area contributed by atoms with Crippen molar-refractivity contribution < 1.29 is 17.9 Å². The quantitative estimate of drug-likeness (QED) is 0.803. The van der Waals surface area contributed by atoms with Crippen molar-refractivity contribution in [2.24, 2.45) is 5.92 Å². The molecule has 0 radical (unpaired) electrons. The highest BCUT2D eigenvalue weighted by Crippen LogP contribution is 2.45. The zero-order valence-electron chi connectivity index (χ0n) is 14.1. The molecule has 25 heavy (non-hydrogen) atoms. The molecule has 0 N–H and O–H groups in total. The van der Waals surface area contributed by atoms with Crippen molar-refractivity contribution in [2.45, 2.75) is 24.0 Å². The van der Waals surface area contributed by atoms with Gasteiger partial charge in [-0.3, -0.25) is 0 Å². The molecule has 0 saturated carbocycles. The van der Waals surface area contributed by atoms with E-state index < -0.39 is 14.6 Å². The lowest BCUT2D eigenvalue weighted by Gasteiger charge is -2.50. The third kappa shape index (κ3) is 2.76. The summed E-state index contributed by atoms with van der Waals surface area (Å²) < 4.78 is 30.2. The molecule has 1 aromatic rings. The van der Waals surface area contributed by atoms with Crippen molar-refractivity contribution in [2.75, 3.05) is 38.5 Å². The number of nitrogens with zero attached hydrogens (tertiary/aromatic N) is 3. The van der Waals surface area contributed by atoms with Gasteiger partial charge in [0.05, 0.1) is 12.4 Å². The van der Waals surface area contributed by atoms with Gasteiger partial charge < -0.3 is 14.5 Å². The van der Waals surface area contributed by atoms with E-state index in [1.807, 2.05) is 17.0 Å². The number of sulfone groups is 1. The second kappa shape index (κ2) is 6.16. The summed E-state index contributed by atoms with van der Waals surface area (Å²) in [5.74, 6) is 0.586. The number of urea groups is 1. The Morgan fingerprint density at radius 3 is 2.68 bits per heavy atom. The average Bonchev–Trinajstić information content (AvgIpc) is 3.18. The van der Waals surface area contributed by atoms with Gasteiger partial charge in [0.1, 0.15) is 4.75 Å². The average molecular weight is 365 g/mol. The van der Waals surface area contributed by atoms with Crippen LogP contribution in [0.25, 0.3) is 0 Å². The molecule has 3 fully saturated rings. The Hall–Kier alpha value is -1.83. The molecule has 0 unspecified atom stereocenters. The Bertz CT molecular complexity index is 740. The van der Waals surface area contributed by atoms with Crippen LogP contribution >= 0.6 is 0 Å². The fourth-order valence-electron chi connectivity index (χ4n) is 4.17. The van der Waals surface area contributed by atoms with E-state index in [1.54, 1.807) is 17.2 Å². The Kier molecular flexibility index (Phi) is 4.10. The van der Waals surface area contributed by atoms with Gasteiger partial charge >= 0.3 is 6.03 Å². The van der Waals surface area contributed by atoms with Crippen LogP contribution in [0.4, 0.5) is 4.79 Å². The minimum atomic E-state index is -3.21. The van der Waals surface area contributed by atoms with Gasteiger partial charge in [-0.2, -0.15) is 0 Å². The second-order valence-corrected chi connectivity index (χ2v) is 9.63. The van der Waals surface area contributed by atoms with Crippen LogP contribution in [0.15, 0.2) is 24.4 Å². The number of hydrogen-bond donors (Lipinski definition) is 0. The van der Waals surface area contributed by atoms with Crippen molar-refractivity contribution in [1.29, 1.82) is 0 Å². The molecule has 3 aliphatic rings. The van der Waals surface area contributed by atoms with Crippen LogP contribution in [0.3, 0.4) is 0 Å². The molecule has 8 heteroatoms. The van der Waals surface area contributed by atoms with Gasteiger partial charge in [0.15, 0.2) is 9.84 Å². The maximum absolute atomic E-state index is 12.7. The molecule has 2 amide bonds. The van der Waals surface area contributed by atoms with Crippen LogP contribution in [-0.4, -0.2) is 72.5 Å². The zero-order valence-corrected chi connectivity index (χ0v) is 15.0. The van der Waals surface area contributed by atoms with E-state index >= 15 is 0 Å². The largest absolute Gasteiger partial charge is 0.477 e. The van der Waals surface area contributed by atoms with E-state index in [9.17, 15) is 13.2 Å². The molecular formula is C17H23N3O4S. The highest BCUT2D eigenvalue weighted by atomic mass is 32.2. The summed E-state index contributed by atoms with van der Waals surface area (Å²) in [4.78, 5) is 20.1. The fourth-order valence-corrected chi connectivity index (χ4v) is 6.57.